The average Bonchev–Trinajstić information content (AvgIpc) is 3.19. The predicted molar refractivity (Wildman–Crippen MR) is 141 cm³/mol. The molecule has 1 heteroatoms. The fourth-order valence-electron chi connectivity index (χ4n) is 5.00. The SMILES string of the molecule is CCCCCCCCCCc1ccc2c(ccc3c2ccc2c4ccccc4sc23)c1. The van der Waals surface area contributed by atoms with Gasteiger partial charge in [-0.05, 0) is 40.6 Å². The molecule has 4 aromatic carbocycles. The van der Waals surface area contributed by atoms with E-state index in [9.17, 15) is 0 Å². The van der Waals surface area contributed by atoms with E-state index in [1.54, 1.807) is 0 Å². The molecule has 5 aromatic rings. The maximum atomic E-state index is 2.42. The Balaban J connectivity index is 1.34. The van der Waals surface area contributed by atoms with Crippen molar-refractivity contribution in [2.24, 2.45) is 0 Å². The Morgan fingerprint density at radius 3 is 2.13 bits per heavy atom. The lowest BCUT2D eigenvalue weighted by Gasteiger charge is -2.08. The van der Waals surface area contributed by atoms with Gasteiger partial charge in [-0.2, -0.15) is 0 Å². The second-order valence-corrected chi connectivity index (χ2v) is 10.0. The highest BCUT2D eigenvalue weighted by Crippen LogP contribution is 2.40. The highest BCUT2D eigenvalue weighted by molar-refractivity contribution is 7.26. The van der Waals surface area contributed by atoms with Crippen LogP contribution in [-0.2, 0) is 6.42 Å². The first kappa shape index (κ1) is 20.5. The van der Waals surface area contributed by atoms with Crippen molar-refractivity contribution in [3.05, 3.63) is 72.3 Å². The van der Waals surface area contributed by atoms with Gasteiger partial charge in [0.25, 0.3) is 0 Å². The van der Waals surface area contributed by atoms with Gasteiger partial charge in [0.15, 0.2) is 0 Å². The molecule has 0 N–H and O–H groups in total. The monoisotopic (exact) mass is 424 g/mol. The van der Waals surface area contributed by atoms with Crippen molar-refractivity contribution in [1.82, 2.24) is 0 Å². The first-order valence-electron chi connectivity index (χ1n) is 12.1. The summed E-state index contributed by atoms with van der Waals surface area (Å²) in [6.45, 7) is 2.29. The van der Waals surface area contributed by atoms with E-state index in [-0.39, 0.29) is 0 Å². The zero-order chi connectivity index (χ0) is 21.0. The molecule has 0 amide bonds. The van der Waals surface area contributed by atoms with E-state index in [0.29, 0.717) is 0 Å². The largest absolute Gasteiger partial charge is 0.135 e. The molecule has 0 radical (unpaired) electrons. The predicted octanol–water partition coefficient (Wildman–Crippen LogP) is 10.0. The van der Waals surface area contributed by atoms with Crippen LogP contribution in [-0.4, -0.2) is 0 Å². The molecule has 5 rings (SSSR count). The minimum atomic E-state index is 1.21. The van der Waals surface area contributed by atoms with Crippen LogP contribution in [0.3, 0.4) is 0 Å². The van der Waals surface area contributed by atoms with E-state index in [1.807, 2.05) is 11.3 Å². The molecule has 0 aliphatic rings. The van der Waals surface area contributed by atoms with Gasteiger partial charge in [0, 0.05) is 25.6 Å². The number of thiophene rings is 1. The van der Waals surface area contributed by atoms with E-state index in [4.69, 9.17) is 0 Å². The van der Waals surface area contributed by atoms with Gasteiger partial charge in [0.05, 0.1) is 0 Å². The number of unbranched alkanes of at least 4 members (excludes halogenated alkanes) is 7. The Bertz CT molecular complexity index is 1320. The average molecular weight is 425 g/mol. The van der Waals surface area contributed by atoms with Crippen LogP contribution in [0.2, 0.25) is 0 Å². The molecule has 0 nitrogen and oxygen atoms in total. The molecule has 0 aliphatic carbocycles. The number of benzene rings is 4. The fraction of sp³-hybridized carbons (Fsp3) is 0.333. The van der Waals surface area contributed by atoms with E-state index in [0.717, 1.165) is 0 Å². The van der Waals surface area contributed by atoms with Crippen LogP contribution < -0.4 is 0 Å². The maximum absolute atomic E-state index is 2.42. The van der Waals surface area contributed by atoms with Crippen molar-refractivity contribution in [1.29, 1.82) is 0 Å². The molecule has 0 saturated heterocycles. The van der Waals surface area contributed by atoms with Crippen molar-refractivity contribution in [2.75, 3.05) is 0 Å². The highest BCUT2D eigenvalue weighted by Gasteiger charge is 2.10. The Kier molecular flexibility index (Phi) is 6.22. The molecule has 158 valence electrons. The highest BCUT2D eigenvalue weighted by atomic mass is 32.1. The van der Waals surface area contributed by atoms with Crippen molar-refractivity contribution >= 4 is 53.1 Å². The molecule has 0 fully saturated rings. The topological polar surface area (TPSA) is 0 Å². The Morgan fingerprint density at radius 2 is 1.26 bits per heavy atom. The standard InChI is InChI=1S/C30H32S/c1-2-3-4-5-6-7-8-9-12-22-15-17-24-23(21-22)16-18-27-25(24)19-20-28-26-13-10-11-14-29(26)31-30(27)28/h10-11,13-21H,2-9,12H2,1H3. The summed E-state index contributed by atoms with van der Waals surface area (Å²) >= 11 is 1.92. The summed E-state index contributed by atoms with van der Waals surface area (Å²) in [7, 11) is 0. The second-order valence-electron chi connectivity index (χ2n) is 8.98. The van der Waals surface area contributed by atoms with Crippen LogP contribution in [0.25, 0.3) is 41.7 Å². The Labute approximate surface area is 189 Å². The van der Waals surface area contributed by atoms with Crippen LogP contribution in [0.15, 0.2) is 66.7 Å². The molecule has 0 saturated carbocycles. The van der Waals surface area contributed by atoms with Crippen molar-refractivity contribution < 1.29 is 0 Å². The molecule has 31 heavy (non-hydrogen) atoms. The summed E-state index contributed by atoms with van der Waals surface area (Å²) in [5, 5.41) is 8.31. The molecular formula is C30H32S. The maximum Gasteiger partial charge on any atom is 0.0434 e. The molecule has 1 aromatic heterocycles. The third kappa shape index (κ3) is 4.21. The third-order valence-electron chi connectivity index (χ3n) is 6.74. The molecule has 0 spiro atoms. The van der Waals surface area contributed by atoms with Crippen LogP contribution >= 0.6 is 11.3 Å². The summed E-state index contributed by atoms with van der Waals surface area (Å²) in [5.74, 6) is 0. The van der Waals surface area contributed by atoms with Gasteiger partial charge in [-0.1, -0.05) is 113 Å². The lowest BCUT2D eigenvalue weighted by Crippen LogP contribution is -1.88. The summed E-state index contributed by atoms with van der Waals surface area (Å²) in [6, 6.07) is 25.2. The van der Waals surface area contributed by atoms with Gasteiger partial charge in [-0.15, -0.1) is 11.3 Å². The number of hydrogen-bond donors (Lipinski definition) is 0. The van der Waals surface area contributed by atoms with Crippen LogP contribution in [0.4, 0.5) is 0 Å². The first-order chi connectivity index (χ1) is 15.3. The molecule has 1 heterocycles. The van der Waals surface area contributed by atoms with Crippen LogP contribution in [0.5, 0.6) is 0 Å². The molecule has 0 bridgehead atoms. The number of hydrogen-bond acceptors (Lipinski definition) is 1. The molecular weight excluding hydrogens is 392 g/mol. The normalized spacial score (nSPS) is 11.9. The lowest BCUT2D eigenvalue weighted by atomic mass is 9.97. The van der Waals surface area contributed by atoms with Crippen molar-refractivity contribution in [3.63, 3.8) is 0 Å². The second kappa shape index (κ2) is 9.40. The first-order valence-corrected chi connectivity index (χ1v) is 12.9. The van der Waals surface area contributed by atoms with Gasteiger partial charge in [0.1, 0.15) is 0 Å². The van der Waals surface area contributed by atoms with E-state index >= 15 is 0 Å². The van der Waals surface area contributed by atoms with Gasteiger partial charge in [-0.3, -0.25) is 0 Å². The molecule has 0 atom stereocenters. The number of fused-ring (bicyclic) bond motifs is 7. The Morgan fingerprint density at radius 1 is 0.581 bits per heavy atom. The van der Waals surface area contributed by atoms with E-state index in [1.165, 1.54) is 105 Å². The molecule has 0 unspecified atom stereocenters. The van der Waals surface area contributed by atoms with E-state index < -0.39 is 0 Å². The smallest absolute Gasteiger partial charge is 0.0434 e. The van der Waals surface area contributed by atoms with Gasteiger partial charge in [0.2, 0.25) is 0 Å². The van der Waals surface area contributed by atoms with Crippen LogP contribution in [0.1, 0.15) is 63.9 Å². The van der Waals surface area contributed by atoms with Crippen molar-refractivity contribution in [3.8, 4) is 0 Å². The summed E-state index contributed by atoms with van der Waals surface area (Å²) in [5.41, 5.74) is 1.49. The quantitative estimate of drug-likeness (QED) is 0.163. The van der Waals surface area contributed by atoms with Crippen molar-refractivity contribution in [2.45, 2.75) is 64.7 Å². The Hall–Kier alpha value is -2.38. The lowest BCUT2D eigenvalue weighted by molar-refractivity contribution is 0.575. The molecule has 0 aliphatic heterocycles. The zero-order valence-corrected chi connectivity index (χ0v) is 19.4. The minimum Gasteiger partial charge on any atom is -0.135 e. The van der Waals surface area contributed by atoms with Gasteiger partial charge < -0.3 is 0 Å². The number of aryl methyl sites for hydroxylation is 1. The minimum absolute atomic E-state index is 1.21. The van der Waals surface area contributed by atoms with Gasteiger partial charge >= 0.3 is 0 Å². The summed E-state index contributed by atoms with van der Waals surface area (Å²) in [6.07, 6.45) is 12.3. The van der Waals surface area contributed by atoms with Crippen LogP contribution in [0, 0.1) is 0 Å². The van der Waals surface area contributed by atoms with E-state index in [2.05, 4.69) is 73.7 Å². The fourth-order valence-corrected chi connectivity index (χ4v) is 6.23. The van der Waals surface area contributed by atoms with Gasteiger partial charge in [-0.25, -0.2) is 0 Å². The third-order valence-corrected chi connectivity index (χ3v) is 7.96. The summed E-state index contributed by atoms with van der Waals surface area (Å²) in [4.78, 5) is 0. The zero-order valence-electron chi connectivity index (χ0n) is 18.6. The summed E-state index contributed by atoms with van der Waals surface area (Å²) < 4.78 is 2.80. The number of rotatable bonds is 9.